The van der Waals surface area contributed by atoms with Crippen molar-refractivity contribution >= 4 is 17.8 Å². The third-order valence-corrected chi connectivity index (χ3v) is 5.77. The van der Waals surface area contributed by atoms with Crippen LogP contribution in [0.1, 0.15) is 36.0 Å². The number of nitrogens with two attached hydrogens (primary N) is 1. The van der Waals surface area contributed by atoms with Gasteiger partial charge in [0.2, 0.25) is 11.8 Å². The fourth-order valence-corrected chi connectivity index (χ4v) is 4.11. The Morgan fingerprint density at radius 3 is 1.61 bits per heavy atom. The Balaban J connectivity index is 2.02. The average Bonchev–Trinajstić information content (AvgIpc) is 2.86. The lowest BCUT2D eigenvalue weighted by molar-refractivity contribution is -0.141. The van der Waals surface area contributed by atoms with Crippen LogP contribution < -0.4 is 11.1 Å². The van der Waals surface area contributed by atoms with Crippen LogP contribution in [0.3, 0.4) is 0 Å². The largest absolute Gasteiger partial charge is 0.469 e. The molecule has 0 aliphatic rings. The first-order chi connectivity index (χ1) is 16.0. The summed E-state index contributed by atoms with van der Waals surface area (Å²) in [7, 11) is 1.27. The number of methoxy groups -OCH3 is 1. The first-order valence-corrected chi connectivity index (χ1v) is 10.8. The van der Waals surface area contributed by atoms with E-state index in [4.69, 9.17) is 5.73 Å². The van der Waals surface area contributed by atoms with Gasteiger partial charge in [-0.15, -0.1) is 0 Å². The number of rotatable bonds is 10. The van der Waals surface area contributed by atoms with Gasteiger partial charge < -0.3 is 15.8 Å². The van der Waals surface area contributed by atoms with Gasteiger partial charge in [0.1, 0.15) is 6.04 Å². The molecule has 1 atom stereocenters. The lowest BCUT2D eigenvalue weighted by Gasteiger charge is -2.36. The number of benzene rings is 3. The maximum absolute atomic E-state index is 13.4. The first kappa shape index (κ1) is 23.7. The average molecular weight is 445 g/mol. The maximum Gasteiger partial charge on any atom is 0.305 e. The van der Waals surface area contributed by atoms with E-state index in [1.807, 2.05) is 91.0 Å². The highest BCUT2D eigenvalue weighted by Crippen LogP contribution is 2.42. The Kier molecular flexibility index (Phi) is 7.97. The van der Waals surface area contributed by atoms with Crippen molar-refractivity contribution in [1.82, 2.24) is 5.32 Å². The molecule has 0 saturated heterocycles. The molecule has 0 aliphatic heterocycles. The van der Waals surface area contributed by atoms with Crippen LogP contribution in [-0.2, 0) is 24.5 Å². The summed E-state index contributed by atoms with van der Waals surface area (Å²) in [6, 6.07) is 28.4. The summed E-state index contributed by atoms with van der Waals surface area (Å²) < 4.78 is 4.64. The van der Waals surface area contributed by atoms with Crippen molar-refractivity contribution in [3.63, 3.8) is 0 Å². The number of esters is 1. The van der Waals surface area contributed by atoms with Gasteiger partial charge in [0, 0.05) is 12.8 Å². The smallest absolute Gasteiger partial charge is 0.305 e. The predicted octanol–water partition coefficient (Wildman–Crippen LogP) is 3.33. The molecule has 6 nitrogen and oxygen atoms in total. The lowest BCUT2D eigenvalue weighted by Crippen LogP contribution is -2.47. The zero-order valence-corrected chi connectivity index (χ0v) is 18.6. The van der Waals surface area contributed by atoms with Gasteiger partial charge in [-0.2, -0.15) is 0 Å². The predicted molar refractivity (Wildman–Crippen MR) is 126 cm³/mol. The van der Waals surface area contributed by atoms with Gasteiger partial charge in [0.05, 0.1) is 12.5 Å². The molecule has 0 spiro atoms. The third-order valence-electron chi connectivity index (χ3n) is 5.77. The van der Waals surface area contributed by atoms with Gasteiger partial charge in [-0.25, -0.2) is 0 Å². The number of ether oxygens (including phenoxy) is 1. The number of amides is 2. The summed E-state index contributed by atoms with van der Waals surface area (Å²) in [4.78, 5) is 36.9. The fourth-order valence-electron chi connectivity index (χ4n) is 4.11. The quantitative estimate of drug-likeness (QED) is 0.370. The molecule has 3 aromatic carbocycles. The Morgan fingerprint density at radius 1 is 0.818 bits per heavy atom. The van der Waals surface area contributed by atoms with Crippen molar-refractivity contribution in [3.05, 3.63) is 108 Å². The van der Waals surface area contributed by atoms with E-state index in [1.165, 1.54) is 7.11 Å². The monoisotopic (exact) mass is 444 g/mol. The summed E-state index contributed by atoms with van der Waals surface area (Å²) in [6.07, 6.45) is 0.0986. The van der Waals surface area contributed by atoms with E-state index in [9.17, 15) is 14.4 Å². The van der Waals surface area contributed by atoms with E-state index in [2.05, 4.69) is 10.1 Å². The molecule has 2 amide bonds. The van der Waals surface area contributed by atoms with E-state index in [-0.39, 0.29) is 25.2 Å². The van der Waals surface area contributed by atoms with Crippen molar-refractivity contribution < 1.29 is 19.1 Å². The third kappa shape index (κ3) is 5.66. The first-order valence-electron chi connectivity index (χ1n) is 10.8. The van der Waals surface area contributed by atoms with Crippen LogP contribution in [0.15, 0.2) is 91.0 Å². The highest BCUT2D eigenvalue weighted by Gasteiger charge is 2.39. The van der Waals surface area contributed by atoms with Gasteiger partial charge in [-0.3, -0.25) is 14.4 Å². The van der Waals surface area contributed by atoms with Crippen LogP contribution in [0.4, 0.5) is 0 Å². The number of nitrogens with one attached hydrogen (secondary N) is 1. The SMILES string of the molecule is COC(=O)CC[C@@H](NC(=O)CC(c1ccccc1)(c1ccccc1)c1ccccc1)C(N)=O. The molecule has 0 saturated carbocycles. The Morgan fingerprint density at radius 2 is 1.24 bits per heavy atom. The lowest BCUT2D eigenvalue weighted by atomic mass is 9.67. The fraction of sp³-hybridized carbons (Fsp3) is 0.222. The van der Waals surface area contributed by atoms with E-state index in [1.54, 1.807) is 0 Å². The second-order valence-corrected chi connectivity index (χ2v) is 7.82. The number of primary amides is 1. The molecule has 0 heterocycles. The van der Waals surface area contributed by atoms with Gasteiger partial charge in [-0.1, -0.05) is 91.0 Å². The molecule has 3 N–H and O–H groups in total. The van der Waals surface area contributed by atoms with Crippen LogP contribution in [0.5, 0.6) is 0 Å². The minimum absolute atomic E-state index is 0.0222. The molecular formula is C27H28N2O4. The zero-order chi connectivity index (χ0) is 23.7. The van der Waals surface area contributed by atoms with Crippen LogP contribution in [0, 0.1) is 0 Å². The molecule has 3 aromatic rings. The molecule has 0 bridgehead atoms. The summed E-state index contributed by atoms with van der Waals surface area (Å²) >= 11 is 0. The second kappa shape index (κ2) is 11.1. The Bertz CT molecular complexity index is 972. The number of carbonyl (C=O) groups is 3. The number of hydrogen-bond donors (Lipinski definition) is 2. The minimum atomic E-state index is -0.975. The highest BCUT2D eigenvalue weighted by atomic mass is 16.5. The van der Waals surface area contributed by atoms with Crippen molar-refractivity contribution in [2.24, 2.45) is 5.73 Å². The molecule has 33 heavy (non-hydrogen) atoms. The second-order valence-electron chi connectivity index (χ2n) is 7.82. The van der Waals surface area contributed by atoms with E-state index in [0.29, 0.717) is 0 Å². The summed E-state index contributed by atoms with van der Waals surface area (Å²) in [5, 5.41) is 2.74. The Labute approximate surface area is 193 Å². The molecule has 0 aromatic heterocycles. The van der Waals surface area contributed by atoms with Crippen LogP contribution in [-0.4, -0.2) is 30.9 Å². The molecule has 0 aliphatic carbocycles. The van der Waals surface area contributed by atoms with Crippen molar-refractivity contribution in [2.45, 2.75) is 30.7 Å². The molecule has 0 unspecified atom stereocenters. The molecule has 0 fully saturated rings. The summed E-state index contributed by atoms with van der Waals surface area (Å²) in [6.45, 7) is 0. The van der Waals surface area contributed by atoms with Gasteiger partial charge in [0.15, 0.2) is 0 Å². The maximum atomic E-state index is 13.4. The van der Waals surface area contributed by atoms with Crippen LogP contribution in [0.25, 0.3) is 0 Å². The van der Waals surface area contributed by atoms with Crippen molar-refractivity contribution in [2.75, 3.05) is 7.11 Å². The van der Waals surface area contributed by atoms with Crippen molar-refractivity contribution in [1.29, 1.82) is 0 Å². The van der Waals surface area contributed by atoms with Gasteiger partial charge in [-0.05, 0) is 23.1 Å². The summed E-state index contributed by atoms with van der Waals surface area (Å²) in [5.41, 5.74) is 7.55. The van der Waals surface area contributed by atoms with Crippen LogP contribution >= 0.6 is 0 Å². The van der Waals surface area contributed by atoms with Crippen molar-refractivity contribution in [3.8, 4) is 0 Å². The number of carbonyl (C=O) groups excluding carboxylic acids is 3. The molecule has 0 radical (unpaired) electrons. The van der Waals surface area contributed by atoms with E-state index in [0.717, 1.165) is 16.7 Å². The van der Waals surface area contributed by atoms with Crippen LogP contribution in [0.2, 0.25) is 0 Å². The molecule has 3 rings (SSSR count). The van der Waals surface area contributed by atoms with E-state index >= 15 is 0 Å². The van der Waals surface area contributed by atoms with Gasteiger partial charge in [0.25, 0.3) is 0 Å². The number of hydrogen-bond acceptors (Lipinski definition) is 4. The molecular weight excluding hydrogens is 416 g/mol. The normalized spacial score (nSPS) is 11.9. The minimum Gasteiger partial charge on any atom is -0.469 e. The van der Waals surface area contributed by atoms with E-state index < -0.39 is 23.3 Å². The summed E-state index contributed by atoms with van der Waals surface area (Å²) in [5.74, 6) is -1.51. The topological polar surface area (TPSA) is 98.5 Å². The Hall–Kier alpha value is -3.93. The zero-order valence-electron chi connectivity index (χ0n) is 18.6. The highest BCUT2D eigenvalue weighted by molar-refractivity contribution is 5.88. The standard InChI is InChI=1S/C27H28N2O4/c1-33-25(31)18-17-23(26(28)32)29-24(30)19-27(20-11-5-2-6-12-20,21-13-7-3-8-14-21)22-15-9-4-10-16-22/h2-16,23H,17-19H2,1H3,(H2,28,32)(H,29,30)/t23-/m1/s1. The van der Waals surface area contributed by atoms with Gasteiger partial charge >= 0.3 is 5.97 Å². The molecule has 6 heteroatoms. The molecule has 170 valence electrons.